The lowest BCUT2D eigenvalue weighted by Crippen LogP contribution is -2.19. The first-order valence-corrected chi connectivity index (χ1v) is 23.4. The van der Waals surface area contributed by atoms with Crippen LogP contribution < -0.4 is 0 Å². The van der Waals surface area contributed by atoms with Crippen molar-refractivity contribution in [2.24, 2.45) is 0 Å². The first kappa shape index (κ1) is 34.2. The van der Waals surface area contributed by atoms with Crippen LogP contribution in [0.4, 0.5) is 0 Å². The van der Waals surface area contributed by atoms with E-state index in [9.17, 15) is 0 Å². The first-order valence-electron chi connectivity index (χ1n) is 23.4. The van der Waals surface area contributed by atoms with E-state index in [0.29, 0.717) is 0 Å². The van der Waals surface area contributed by atoms with E-state index in [4.69, 9.17) is 0 Å². The maximum absolute atomic E-state index is 2.69. The monoisotopic (exact) mass is 713 g/mol. The molecule has 0 aliphatic heterocycles. The van der Waals surface area contributed by atoms with Crippen LogP contribution in [0.3, 0.4) is 0 Å². The molecule has 4 aromatic carbocycles. The number of hydrogen-bond acceptors (Lipinski definition) is 0. The molecule has 8 aliphatic carbocycles. The number of fused-ring (bicyclic) bond motifs is 12. The smallest absolute Gasteiger partial charge is 0.0270 e. The van der Waals surface area contributed by atoms with Gasteiger partial charge in [-0.2, -0.15) is 0 Å². The lowest BCUT2D eigenvalue weighted by atomic mass is 9.74. The van der Waals surface area contributed by atoms with Crippen LogP contribution in [0, 0.1) is 0 Å². The van der Waals surface area contributed by atoms with E-state index in [1.165, 1.54) is 193 Å². The molecule has 0 fully saturated rings. The minimum Gasteiger partial charge on any atom is -0.0553 e. The van der Waals surface area contributed by atoms with Crippen LogP contribution in [-0.2, 0) is 128 Å². The van der Waals surface area contributed by atoms with Gasteiger partial charge in [-0.25, -0.2) is 0 Å². The zero-order valence-corrected chi connectivity index (χ0v) is 33.5. The Morgan fingerprint density at radius 3 is 0.444 bits per heavy atom. The summed E-state index contributed by atoms with van der Waals surface area (Å²) in [6.07, 6.45) is 40.0. The van der Waals surface area contributed by atoms with Crippen molar-refractivity contribution >= 4 is 0 Å². The fourth-order valence-electron chi connectivity index (χ4n) is 13.8. The van der Waals surface area contributed by atoms with Crippen LogP contribution in [-0.4, -0.2) is 0 Å². The maximum atomic E-state index is 2.69. The molecule has 0 N–H and O–H groups in total. The third-order valence-corrected chi connectivity index (χ3v) is 16.1. The zero-order chi connectivity index (χ0) is 35.6. The molecule has 280 valence electrons. The normalized spacial score (nSPS) is 20.6. The van der Waals surface area contributed by atoms with Gasteiger partial charge in [-0.1, -0.05) is 24.3 Å². The number of aryl methyl sites for hydroxylation is 8. The minimum atomic E-state index is 1.31. The molecule has 0 spiro atoms. The molecule has 0 nitrogen and oxygen atoms in total. The van der Waals surface area contributed by atoms with Crippen molar-refractivity contribution in [3.05, 3.63) is 136 Å². The zero-order valence-electron chi connectivity index (χ0n) is 33.5. The van der Waals surface area contributed by atoms with E-state index in [1.54, 1.807) is 89.0 Å². The molecule has 0 unspecified atom stereocenters. The number of hydrogen-bond donors (Lipinski definition) is 0. The van der Waals surface area contributed by atoms with Crippen molar-refractivity contribution in [3.63, 3.8) is 0 Å². The molecule has 0 heterocycles. The Bertz CT molecular complexity index is 1710. The van der Waals surface area contributed by atoms with Gasteiger partial charge in [0, 0.05) is 0 Å². The number of rotatable bonds is 0. The maximum Gasteiger partial charge on any atom is -0.0270 e. The predicted octanol–water partition coefficient (Wildman–Crippen LogP) is 11.6. The first-order chi connectivity index (χ1) is 26.8. The van der Waals surface area contributed by atoms with E-state index in [2.05, 4.69) is 24.3 Å². The molecule has 4 aromatic rings. The second-order valence-electron chi connectivity index (χ2n) is 19.1. The van der Waals surface area contributed by atoms with E-state index in [1.807, 2.05) is 22.3 Å². The summed E-state index contributed by atoms with van der Waals surface area (Å²) in [6.45, 7) is 0. The van der Waals surface area contributed by atoms with Crippen LogP contribution >= 0.6 is 0 Å². The van der Waals surface area contributed by atoms with Crippen LogP contribution in [0.15, 0.2) is 24.3 Å². The highest BCUT2D eigenvalue weighted by Crippen LogP contribution is 2.41. The Hall–Kier alpha value is -3.12. The molecule has 0 amide bonds. The van der Waals surface area contributed by atoms with Crippen LogP contribution in [0.2, 0.25) is 0 Å². The third-order valence-electron chi connectivity index (χ3n) is 16.1. The van der Waals surface area contributed by atoms with Gasteiger partial charge >= 0.3 is 0 Å². The van der Waals surface area contributed by atoms with Gasteiger partial charge in [-0.3, -0.25) is 0 Å². The summed E-state index contributed by atoms with van der Waals surface area (Å²) < 4.78 is 0. The lowest BCUT2D eigenvalue weighted by Gasteiger charge is -2.31. The Balaban J connectivity index is 0.000000126. The Morgan fingerprint density at radius 2 is 0.278 bits per heavy atom. The van der Waals surface area contributed by atoms with Gasteiger partial charge in [0.25, 0.3) is 0 Å². The molecular formula is C54H64. The Labute approximate surface area is 327 Å². The lowest BCUT2D eigenvalue weighted by molar-refractivity contribution is 0.656. The van der Waals surface area contributed by atoms with E-state index >= 15 is 0 Å². The second-order valence-corrected chi connectivity index (χ2v) is 19.1. The summed E-state index contributed by atoms with van der Waals surface area (Å²) in [5, 5.41) is 0. The molecule has 0 aromatic heterocycles. The van der Waals surface area contributed by atoms with Gasteiger partial charge in [0.1, 0.15) is 0 Å². The highest BCUT2D eigenvalue weighted by atomic mass is 14.3. The highest BCUT2D eigenvalue weighted by Gasteiger charge is 2.28. The Kier molecular flexibility index (Phi) is 9.13. The highest BCUT2D eigenvalue weighted by molar-refractivity contribution is 5.54. The van der Waals surface area contributed by atoms with Crippen molar-refractivity contribution in [2.75, 3.05) is 0 Å². The molecule has 0 radical (unpaired) electrons. The predicted molar refractivity (Wildman–Crippen MR) is 226 cm³/mol. The SMILES string of the molecule is c1c2c3c4c5c1CCCc1cc(c(c(c1CCC5)CCC4)CCC3)CCC2.c1c2c3c4c5c1CCCc1cc(c(c(c1CCC5)CCC4)CCC3)CCC2. The summed E-state index contributed by atoms with van der Waals surface area (Å²) in [6, 6.07) is 10.7. The van der Waals surface area contributed by atoms with E-state index < -0.39 is 0 Å². The summed E-state index contributed by atoms with van der Waals surface area (Å²) in [4.78, 5) is 0. The molecule has 12 bridgehead atoms. The van der Waals surface area contributed by atoms with Gasteiger partial charge in [-0.15, -0.1) is 0 Å². The Morgan fingerprint density at radius 1 is 0.148 bits per heavy atom. The molecule has 8 aliphatic rings. The molecular weight excluding hydrogens is 649 g/mol. The minimum absolute atomic E-state index is 1.31. The van der Waals surface area contributed by atoms with Crippen LogP contribution in [0.5, 0.6) is 0 Å². The van der Waals surface area contributed by atoms with Crippen molar-refractivity contribution < 1.29 is 0 Å². The molecule has 0 atom stereocenters. The fourth-order valence-corrected chi connectivity index (χ4v) is 13.8. The van der Waals surface area contributed by atoms with Gasteiger partial charge in [0.15, 0.2) is 0 Å². The third kappa shape index (κ3) is 5.98. The topological polar surface area (TPSA) is 0 Å². The second kappa shape index (κ2) is 14.4. The van der Waals surface area contributed by atoms with E-state index in [-0.39, 0.29) is 0 Å². The van der Waals surface area contributed by atoms with Crippen molar-refractivity contribution in [1.29, 1.82) is 0 Å². The quantitative estimate of drug-likeness (QED) is 0.170. The van der Waals surface area contributed by atoms with Gasteiger partial charge < -0.3 is 0 Å². The summed E-state index contributed by atoms with van der Waals surface area (Å²) >= 11 is 0. The van der Waals surface area contributed by atoms with Crippen LogP contribution in [0.25, 0.3) is 0 Å². The summed E-state index contributed by atoms with van der Waals surface area (Å²) in [5.74, 6) is 0. The van der Waals surface area contributed by atoms with Gasteiger partial charge in [0.2, 0.25) is 0 Å². The molecule has 12 rings (SSSR count). The van der Waals surface area contributed by atoms with Crippen LogP contribution in [0.1, 0.15) is 175 Å². The summed E-state index contributed by atoms with van der Waals surface area (Å²) in [7, 11) is 0. The average molecular weight is 713 g/mol. The van der Waals surface area contributed by atoms with Crippen molar-refractivity contribution in [3.8, 4) is 0 Å². The average Bonchev–Trinajstić information content (AvgIpc) is 3.19. The van der Waals surface area contributed by atoms with Crippen molar-refractivity contribution in [2.45, 2.75) is 193 Å². The van der Waals surface area contributed by atoms with Crippen molar-refractivity contribution in [1.82, 2.24) is 0 Å². The van der Waals surface area contributed by atoms with Gasteiger partial charge in [0.05, 0.1) is 0 Å². The standard InChI is InChI=1S/2C27H32/c2*1-6-18-16-20-8-2-9-21-17-19(7-1)23-11-3-10-22(18)26-14-5-15-27(23)25(21)13-4-12-24(20)26/h2*16-17H,1-15H2. The van der Waals surface area contributed by atoms with Gasteiger partial charge in [-0.05, 0) is 304 Å². The molecule has 54 heavy (non-hydrogen) atoms. The van der Waals surface area contributed by atoms with E-state index in [0.717, 1.165) is 0 Å². The summed E-state index contributed by atoms with van der Waals surface area (Å²) in [5.41, 5.74) is 35.6. The molecule has 0 saturated carbocycles. The molecule has 0 saturated heterocycles. The fraction of sp³-hybridized carbons (Fsp3) is 0.556. The molecule has 0 heteroatoms. The largest absolute Gasteiger partial charge is 0.0553 e. The number of benzene rings is 4.